The number of aromatic nitrogens is 1. The molecule has 10 heteroatoms. The number of nitrogens with zero attached hydrogens (tertiary/aromatic N) is 3. The van der Waals surface area contributed by atoms with Gasteiger partial charge >= 0.3 is 12.1 Å². The molecule has 33 heavy (non-hydrogen) atoms. The zero-order valence-electron chi connectivity index (χ0n) is 18.1. The number of aliphatic carboxylic acids is 1. The van der Waals surface area contributed by atoms with Gasteiger partial charge in [0.1, 0.15) is 5.82 Å². The summed E-state index contributed by atoms with van der Waals surface area (Å²) >= 11 is 1.13. The summed E-state index contributed by atoms with van der Waals surface area (Å²) in [6, 6.07) is 7.66. The van der Waals surface area contributed by atoms with E-state index in [1.54, 1.807) is 0 Å². The van der Waals surface area contributed by atoms with Crippen LogP contribution in [-0.2, 0) is 23.9 Å². The summed E-state index contributed by atoms with van der Waals surface area (Å²) in [6.45, 7) is 6.64. The van der Waals surface area contributed by atoms with Crippen molar-refractivity contribution in [2.24, 2.45) is 0 Å². The minimum Gasteiger partial charge on any atom is -0.481 e. The molecule has 176 valence electrons. The molecule has 0 aliphatic carbocycles. The maximum atomic E-state index is 13.9. The van der Waals surface area contributed by atoms with E-state index >= 15 is 0 Å². The van der Waals surface area contributed by atoms with Crippen molar-refractivity contribution in [2.45, 2.75) is 39.0 Å². The number of fused-ring (bicyclic) bond motifs is 1. The van der Waals surface area contributed by atoms with E-state index in [1.165, 1.54) is 0 Å². The van der Waals surface area contributed by atoms with Crippen LogP contribution >= 0.6 is 11.3 Å². The molecular weight excluding hydrogens is 458 g/mol. The average molecular weight is 482 g/mol. The number of carboxylic acid groups (broad SMARTS) is 1. The highest BCUT2D eigenvalue weighted by molar-refractivity contribution is 7.22. The second-order valence-corrected chi connectivity index (χ2v) is 9.47. The van der Waals surface area contributed by atoms with Gasteiger partial charge in [0.2, 0.25) is 0 Å². The molecule has 4 rings (SSSR count). The van der Waals surface area contributed by atoms with E-state index in [2.05, 4.69) is 16.8 Å². The van der Waals surface area contributed by atoms with Gasteiger partial charge in [-0.2, -0.15) is 13.2 Å². The van der Waals surface area contributed by atoms with Gasteiger partial charge in [0.25, 0.3) is 0 Å². The molecule has 1 N–H and O–H groups in total. The largest absolute Gasteiger partial charge is 0.481 e. The Labute approximate surface area is 192 Å². The summed E-state index contributed by atoms with van der Waals surface area (Å²) in [5.41, 5.74) is 1.77. The van der Waals surface area contributed by atoms with Gasteiger partial charge in [-0.25, -0.2) is 9.37 Å². The van der Waals surface area contributed by atoms with E-state index in [-0.39, 0.29) is 18.0 Å². The highest BCUT2D eigenvalue weighted by Crippen LogP contribution is 2.37. The third kappa shape index (κ3) is 5.27. The molecule has 1 saturated heterocycles. The van der Waals surface area contributed by atoms with Gasteiger partial charge in [0.05, 0.1) is 22.2 Å². The SMILES string of the molecule is Cc1cc(CC(=O)O)cc(CN2CCN(c3nc4cc(F)c(C(F)(F)F)cc4s3)C[C@H]2C)c1. The molecule has 5 nitrogen and oxygen atoms in total. The smallest absolute Gasteiger partial charge is 0.419 e. The molecule has 1 aliphatic heterocycles. The van der Waals surface area contributed by atoms with Crippen LogP contribution in [-0.4, -0.2) is 46.6 Å². The number of rotatable bonds is 5. The first-order valence-electron chi connectivity index (χ1n) is 10.5. The van der Waals surface area contributed by atoms with Crippen LogP contribution in [0.15, 0.2) is 30.3 Å². The number of benzene rings is 2. The minimum absolute atomic E-state index is 0.0216. The molecule has 1 aliphatic rings. The topological polar surface area (TPSA) is 56.7 Å². The number of piperazine rings is 1. The summed E-state index contributed by atoms with van der Waals surface area (Å²) in [5, 5.41) is 9.65. The molecule has 0 saturated carbocycles. The van der Waals surface area contributed by atoms with E-state index < -0.39 is 23.5 Å². The van der Waals surface area contributed by atoms with Crippen LogP contribution in [0.2, 0.25) is 0 Å². The van der Waals surface area contributed by atoms with Crippen LogP contribution in [0.4, 0.5) is 22.7 Å². The van der Waals surface area contributed by atoms with Crippen molar-refractivity contribution in [3.8, 4) is 0 Å². The second kappa shape index (κ2) is 8.90. The third-order valence-corrected chi connectivity index (χ3v) is 6.82. The third-order valence-electron chi connectivity index (χ3n) is 5.74. The first-order chi connectivity index (χ1) is 15.5. The normalized spacial score (nSPS) is 17.6. The van der Waals surface area contributed by atoms with Gasteiger partial charge in [0.15, 0.2) is 5.13 Å². The summed E-state index contributed by atoms with van der Waals surface area (Å²) < 4.78 is 53.3. The van der Waals surface area contributed by atoms with E-state index in [4.69, 9.17) is 5.11 Å². The van der Waals surface area contributed by atoms with Crippen LogP contribution in [0.3, 0.4) is 0 Å². The molecule has 0 spiro atoms. The summed E-state index contributed by atoms with van der Waals surface area (Å²) in [5.74, 6) is -2.18. The number of alkyl halides is 3. The Hall–Kier alpha value is -2.72. The standard InChI is InChI=1S/C23H23F4N3O2S/c1-13-5-15(8-21(31)32)7-16(6-13)12-29-3-4-30(11-14(29)2)22-28-19-10-18(24)17(23(25,26)27)9-20(19)33-22/h5-7,9-10,14H,3-4,8,11-12H2,1-2H3,(H,31,32)/t14-/m1/s1. The molecule has 0 amide bonds. The van der Waals surface area contributed by atoms with Gasteiger partial charge in [-0.15, -0.1) is 0 Å². The van der Waals surface area contributed by atoms with Gasteiger partial charge < -0.3 is 10.0 Å². The predicted octanol–water partition coefficient (Wildman–Crippen LogP) is 5.10. The Morgan fingerprint density at radius 3 is 2.58 bits per heavy atom. The first kappa shape index (κ1) is 23.4. The maximum Gasteiger partial charge on any atom is 0.419 e. The van der Waals surface area contributed by atoms with Crippen molar-refractivity contribution >= 4 is 32.7 Å². The lowest BCUT2D eigenvalue weighted by Gasteiger charge is -2.40. The lowest BCUT2D eigenvalue weighted by molar-refractivity contribution is -0.140. The Morgan fingerprint density at radius 1 is 1.18 bits per heavy atom. The molecule has 1 aromatic heterocycles. The van der Waals surface area contributed by atoms with Crippen molar-refractivity contribution < 1.29 is 27.5 Å². The molecule has 1 atom stereocenters. The van der Waals surface area contributed by atoms with Crippen molar-refractivity contribution in [1.29, 1.82) is 0 Å². The van der Waals surface area contributed by atoms with E-state index in [0.29, 0.717) is 36.0 Å². The number of carbonyl (C=O) groups is 1. The number of aryl methyl sites for hydroxylation is 1. The number of hydrogen-bond donors (Lipinski definition) is 1. The van der Waals surface area contributed by atoms with Crippen LogP contribution in [0.1, 0.15) is 29.2 Å². The lowest BCUT2D eigenvalue weighted by atomic mass is 10.0. The van der Waals surface area contributed by atoms with E-state index in [9.17, 15) is 22.4 Å². The summed E-state index contributed by atoms with van der Waals surface area (Å²) in [4.78, 5) is 19.7. The van der Waals surface area contributed by atoms with Gasteiger partial charge in [-0.3, -0.25) is 9.69 Å². The van der Waals surface area contributed by atoms with Crippen molar-refractivity contribution in [3.05, 3.63) is 58.4 Å². The zero-order chi connectivity index (χ0) is 23.9. The Bertz CT molecular complexity index is 1190. The van der Waals surface area contributed by atoms with Crippen LogP contribution in [0, 0.1) is 12.7 Å². The minimum atomic E-state index is -4.75. The van der Waals surface area contributed by atoms with Gasteiger partial charge in [0, 0.05) is 38.3 Å². The molecule has 2 aromatic carbocycles. The second-order valence-electron chi connectivity index (χ2n) is 8.46. The molecule has 1 fully saturated rings. The number of anilines is 1. The predicted molar refractivity (Wildman–Crippen MR) is 119 cm³/mol. The quantitative estimate of drug-likeness (QED) is 0.514. The highest BCUT2D eigenvalue weighted by Gasteiger charge is 2.35. The molecule has 0 radical (unpaired) electrons. The van der Waals surface area contributed by atoms with Gasteiger partial charge in [-0.05, 0) is 31.0 Å². The van der Waals surface area contributed by atoms with Crippen molar-refractivity contribution in [1.82, 2.24) is 9.88 Å². The molecule has 0 unspecified atom stereocenters. The van der Waals surface area contributed by atoms with Crippen LogP contribution in [0.25, 0.3) is 10.2 Å². The van der Waals surface area contributed by atoms with Crippen molar-refractivity contribution in [2.75, 3.05) is 24.5 Å². The summed E-state index contributed by atoms with van der Waals surface area (Å²) in [7, 11) is 0. The fourth-order valence-electron chi connectivity index (χ4n) is 4.24. The molecular formula is C23H23F4N3O2S. The van der Waals surface area contributed by atoms with Crippen molar-refractivity contribution in [3.63, 3.8) is 0 Å². The fraction of sp³-hybridized carbons (Fsp3) is 0.391. The molecule has 3 aromatic rings. The first-order valence-corrected chi connectivity index (χ1v) is 11.3. The maximum absolute atomic E-state index is 13.9. The van der Waals surface area contributed by atoms with Gasteiger partial charge in [-0.1, -0.05) is 35.1 Å². The highest BCUT2D eigenvalue weighted by atomic mass is 32.1. The fourth-order valence-corrected chi connectivity index (χ4v) is 5.26. The zero-order valence-corrected chi connectivity index (χ0v) is 18.9. The number of thiazole rings is 1. The monoisotopic (exact) mass is 481 g/mol. The average Bonchev–Trinajstić information content (AvgIpc) is 3.10. The number of carboxylic acids is 1. The lowest BCUT2D eigenvalue weighted by Crippen LogP contribution is -2.51. The van der Waals surface area contributed by atoms with E-state index in [0.717, 1.165) is 40.2 Å². The van der Waals surface area contributed by atoms with E-state index in [1.807, 2.05) is 30.0 Å². The van der Waals surface area contributed by atoms with Crippen LogP contribution in [0.5, 0.6) is 0 Å². The Kier molecular flexibility index (Phi) is 6.32. The summed E-state index contributed by atoms with van der Waals surface area (Å²) in [6.07, 6.45) is -4.77. The molecule has 0 bridgehead atoms. The number of halogens is 4. The van der Waals surface area contributed by atoms with Crippen LogP contribution < -0.4 is 4.90 Å². The Morgan fingerprint density at radius 2 is 1.91 bits per heavy atom. The Balaban J connectivity index is 1.48. The number of hydrogen-bond acceptors (Lipinski definition) is 5. The molecule has 2 heterocycles.